The molecule has 0 aliphatic carbocycles. The lowest BCUT2D eigenvalue weighted by atomic mass is 9.98. The van der Waals surface area contributed by atoms with Gasteiger partial charge in [-0.05, 0) is 507 Å². The highest BCUT2D eigenvalue weighted by Crippen LogP contribution is 2.30. The molecule has 113 heavy (non-hydrogen) atoms. The SMILES string of the molecule is C.CC(C)Cc1ccc(C(C)C)c(I)c1.CC(C)Cc1ccc(C(C)C)cc1I.C[C@H](Cc1cn(C)c(I)n1)N(C)C.C[C@H](Cc1ncn(C)c1I)N(C)C.Cc1cc(I)c2[nH]cc(CCN(C)C)c2c1.Cc1ccc(I)cc1C.Cc1ccc(I)cc1C.Cc1ccc2cc(C(C)C)ccc2c1I.Cc1cccc(I)c1C. The lowest BCUT2D eigenvalue weighted by Gasteiger charge is -2.18. The maximum atomic E-state index is 4.46. The van der Waals surface area contributed by atoms with Crippen LogP contribution in [0.5, 0.6) is 0 Å². The van der Waals surface area contributed by atoms with Crippen molar-refractivity contribution in [2.24, 2.45) is 25.9 Å². The number of nitrogens with one attached hydrogen (secondary N) is 1. The fraction of sp³-hybridized carbons (Fsp3) is 0.438. The second kappa shape index (κ2) is 54.7. The van der Waals surface area contributed by atoms with Crippen LogP contribution < -0.4 is 0 Å². The Morgan fingerprint density at radius 1 is 0.451 bits per heavy atom. The van der Waals surface area contributed by atoms with Crippen molar-refractivity contribution in [3.05, 3.63) is 274 Å². The average Bonchev–Trinajstić information content (AvgIpc) is 1.06. The minimum atomic E-state index is 0. The minimum Gasteiger partial charge on any atom is -0.360 e. The number of halogens is 9. The van der Waals surface area contributed by atoms with Crippen LogP contribution in [0.15, 0.2) is 152 Å². The monoisotopic (exact) mass is 2540 g/mol. The van der Waals surface area contributed by atoms with Gasteiger partial charge in [0.15, 0.2) is 3.83 Å². The summed E-state index contributed by atoms with van der Waals surface area (Å²) in [6.45, 7) is 45.2. The molecule has 0 saturated carbocycles. The van der Waals surface area contributed by atoms with E-state index in [4.69, 9.17) is 0 Å². The molecule has 0 aliphatic heterocycles. The Bertz CT molecular complexity index is 4550. The van der Waals surface area contributed by atoms with E-state index in [1.165, 1.54) is 152 Å². The molecule has 3 heterocycles. The van der Waals surface area contributed by atoms with E-state index in [1.54, 1.807) is 0 Å². The van der Waals surface area contributed by atoms with Crippen molar-refractivity contribution in [1.29, 1.82) is 0 Å². The van der Waals surface area contributed by atoms with Gasteiger partial charge in [-0.1, -0.05) is 156 Å². The number of fused-ring (bicyclic) bond motifs is 2. The van der Waals surface area contributed by atoms with Crippen molar-refractivity contribution in [2.75, 3.05) is 48.8 Å². The first-order chi connectivity index (χ1) is 52.3. The maximum Gasteiger partial charge on any atom is 0.171 e. The van der Waals surface area contributed by atoms with Gasteiger partial charge in [0.05, 0.1) is 23.2 Å². The molecule has 3 aromatic heterocycles. The van der Waals surface area contributed by atoms with Gasteiger partial charge in [-0.25, -0.2) is 9.97 Å². The average molecular weight is 2540 g/mol. The number of hydrogen-bond donors (Lipinski definition) is 1. The zero-order valence-electron chi connectivity index (χ0n) is 72.3. The van der Waals surface area contributed by atoms with Crippen molar-refractivity contribution in [3.8, 4) is 0 Å². The first kappa shape index (κ1) is 108. The van der Waals surface area contributed by atoms with Crippen LogP contribution in [0.3, 0.4) is 0 Å². The fourth-order valence-electron chi connectivity index (χ4n) is 11.1. The van der Waals surface area contributed by atoms with Gasteiger partial charge in [-0.2, -0.15) is 0 Å². The molecule has 620 valence electrons. The molecule has 0 unspecified atom stereocenters. The van der Waals surface area contributed by atoms with Crippen LogP contribution in [-0.2, 0) is 46.2 Å². The largest absolute Gasteiger partial charge is 0.360 e. The topological polar surface area (TPSA) is 61.2 Å². The number of aryl methyl sites for hydroxylation is 9. The number of H-pyrrole nitrogens is 1. The molecule has 11 aromatic rings. The molecular weight excluding hydrogens is 2410 g/mol. The molecule has 0 saturated heterocycles. The molecule has 11 rings (SSSR count). The molecule has 0 bridgehead atoms. The van der Waals surface area contributed by atoms with E-state index >= 15 is 0 Å². The summed E-state index contributed by atoms with van der Waals surface area (Å²) in [4.78, 5) is 18.8. The quantitative estimate of drug-likeness (QED) is 0.0977. The molecule has 2 atom stereocenters. The highest BCUT2D eigenvalue weighted by molar-refractivity contribution is 14.1. The van der Waals surface area contributed by atoms with Crippen LogP contribution in [0.2, 0.25) is 0 Å². The summed E-state index contributed by atoms with van der Waals surface area (Å²) in [6, 6.07) is 49.9. The Morgan fingerprint density at radius 2 is 1.00 bits per heavy atom. The number of nitrogens with zero attached hydrogens (tertiary/aromatic N) is 7. The van der Waals surface area contributed by atoms with Gasteiger partial charge in [-0.15, -0.1) is 0 Å². The molecule has 0 amide bonds. The lowest BCUT2D eigenvalue weighted by Crippen LogP contribution is -2.27. The molecule has 1 N–H and O–H groups in total. The number of likely N-dealkylation sites (N-methyl/N-ethyl adjacent to an activating group) is 3. The number of aromatic nitrogens is 5. The summed E-state index contributed by atoms with van der Waals surface area (Å²) in [6.07, 6.45) is 11.6. The zero-order valence-corrected chi connectivity index (χ0v) is 91.7. The predicted octanol–water partition coefficient (Wildman–Crippen LogP) is 29.7. The third kappa shape index (κ3) is 39.4. The van der Waals surface area contributed by atoms with E-state index in [9.17, 15) is 0 Å². The number of benzene rings is 8. The number of rotatable bonds is 16. The van der Waals surface area contributed by atoms with Crippen LogP contribution in [0.1, 0.15) is 198 Å². The first-order valence-electron chi connectivity index (χ1n) is 38.8. The molecule has 8 nitrogen and oxygen atoms in total. The summed E-state index contributed by atoms with van der Waals surface area (Å²) in [5, 5.41) is 4.11. The maximum absolute atomic E-state index is 4.46. The number of aromatic amines is 1. The van der Waals surface area contributed by atoms with Crippen LogP contribution in [0.4, 0.5) is 0 Å². The summed E-state index contributed by atoms with van der Waals surface area (Å²) in [7, 11) is 16.7. The minimum absolute atomic E-state index is 0. The summed E-state index contributed by atoms with van der Waals surface area (Å²) >= 11 is 21.3. The van der Waals surface area contributed by atoms with Gasteiger partial charge < -0.3 is 28.8 Å². The Labute approximate surface area is 809 Å². The normalized spacial score (nSPS) is 11.4. The standard InChI is InChI=1S/C14H15I.C13H17IN2.2C13H19I.2C9H16IN3.3C8H9I.CH4/c1-9(2)11-6-7-13-12(8-11)5-4-10(3)14(13)15;1-9-6-11-10(4-5-16(2)3)8-15-13(11)12(14)7-9;1-9(2)7-12-6-5-11(10(3)4)8-13(12)14;1-9(2)7-11-5-6-12(10(3)4)13(14)8-11;1-7(12(2)3)5-8-9(10)13(4)6-11-8;1-7(12(2)3)5-8-6-13(4)9(10)11-8;2*1-6-3-4-8(9)5-7(6)2;1-6-4-3-5-8(9)7(6)2;/h4-9H,1-3H3;6-8,15H,4-5H2,1-3H3;2*5-6,8-10H,7H2,1-4H3;2*6-7H,5H2,1-4H3;3*3-5H,1-2H3;1H4/t;;;;2*7-;;;;/m....11..../s1. The van der Waals surface area contributed by atoms with Crippen molar-refractivity contribution >= 4 is 225 Å². The van der Waals surface area contributed by atoms with Crippen LogP contribution in [-0.4, -0.2) is 99.7 Å². The second-order valence-corrected chi connectivity index (χ2v) is 42.2. The smallest absolute Gasteiger partial charge is 0.171 e. The number of hydrogen-bond acceptors (Lipinski definition) is 5. The summed E-state index contributed by atoms with van der Waals surface area (Å²) < 4.78 is 15.9. The molecule has 17 heteroatoms. The van der Waals surface area contributed by atoms with Gasteiger partial charge >= 0.3 is 0 Å². The van der Waals surface area contributed by atoms with E-state index in [1.807, 2.05) is 20.4 Å². The highest BCUT2D eigenvalue weighted by Gasteiger charge is 2.14. The Kier molecular flexibility index (Phi) is 52.1. The van der Waals surface area contributed by atoms with E-state index < -0.39 is 0 Å². The predicted molar refractivity (Wildman–Crippen MR) is 575 cm³/mol. The van der Waals surface area contributed by atoms with E-state index in [0.29, 0.717) is 29.8 Å². The van der Waals surface area contributed by atoms with Crippen LogP contribution in [0, 0.1) is 99.7 Å². The third-order valence-corrected chi connectivity index (χ3v) is 28.5. The molecular formula is C96H133I9N8. The fourth-order valence-corrected chi connectivity index (χ4v) is 17.6. The number of imidazole rings is 2. The van der Waals surface area contributed by atoms with Gasteiger partial charge in [-0.3, -0.25) is 0 Å². The van der Waals surface area contributed by atoms with E-state index in [2.05, 4.69) is 569 Å². The summed E-state index contributed by atoms with van der Waals surface area (Å²) in [5.41, 5.74) is 23.3. The van der Waals surface area contributed by atoms with Crippen LogP contribution in [0.25, 0.3) is 21.7 Å². The summed E-state index contributed by atoms with van der Waals surface area (Å²) in [5.74, 6) is 3.36. The molecule has 0 radical (unpaired) electrons. The molecule has 0 aliphatic rings. The van der Waals surface area contributed by atoms with Crippen molar-refractivity contribution in [3.63, 3.8) is 0 Å². The van der Waals surface area contributed by atoms with Gasteiger partial charge in [0.1, 0.15) is 3.70 Å². The Hall–Kier alpha value is -1.57. The zero-order chi connectivity index (χ0) is 84.7. The van der Waals surface area contributed by atoms with Gasteiger partial charge in [0.25, 0.3) is 0 Å². The Balaban J connectivity index is 0.000000434. The highest BCUT2D eigenvalue weighted by atomic mass is 127. The van der Waals surface area contributed by atoms with E-state index in [0.717, 1.165) is 41.5 Å². The Morgan fingerprint density at radius 3 is 1.45 bits per heavy atom. The van der Waals surface area contributed by atoms with Crippen molar-refractivity contribution in [2.45, 2.75) is 208 Å². The van der Waals surface area contributed by atoms with Gasteiger partial charge in [0.2, 0.25) is 0 Å². The van der Waals surface area contributed by atoms with Crippen LogP contribution >= 0.6 is 203 Å². The second-order valence-electron chi connectivity index (χ2n) is 32.0. The molecule has 0 fully saturated rings. The van der Waals surface area contributed by atoms with E-state index in [-0.39, 0.29) is 7.43 Å². The third-order valence-electron chi connectivity index (χ3n) is 19.4. The molecule has 8 aromatic carbocycles. The molecule has 0 spiro atoms. The first-order valence-corrected chi connectivity index (χ1v) is 48.5. The van der Waals surface area contributed by atoms with Gasteiger partial charge in [0, 0.05) is 88.3 Å². The van der Waals surface area contributed by atoms with Crippen molar-refractivity contribution in [1.82, 2.24) is 38.8 Å². The van der Waals surface area contributed by atoms with Crippen molar-refractivity contribution < 1.29 is 0 Å². The lowest BCUT2D eigenvalue weighted by molar-refractivity contribution is 0.310.